The predicted molar refractivity (Wildman–Crippen MR) is 61.9 cm³/mol. The summed E-state index contributed by atoms with van der Waals surface area (Å²) in [5, 5.41) is 14.1. The highest BCUT2D eigenvalue weighted by Gasteiger charge is 2.09. The Morgan fingerprint density at radius 3 is 2.74 bits per heavy atom. The first-order chi connectivity index (χ1) is 9.13. The fraction of sp³-hybridized carbons (Fsp3) is 0.167. The number of hydrogen-bond donors (Lipinski definition) is 1. The van der Waals surface area contributed by atoms with Crippen LogP contribution in [0, 0.1) is 0 Å². The van der Waals surface area contributed by atoms with Crippen LogP contribution in [0.25, 0.3) is 0 Å². The number of aliphatic carboxylic acids is 1. The van der Waals surface area contributed by atoms with E-state index in [1.165, 1.54) is 17.3 Å². The van der Waals surface area contributed by atoms with E-state index in [1.54, 1.807) is 0 Å². The molecule has 0 unspecified atom stereocenters. The molecular formula is C12H12N4O3. The molecular weight excluding hydrogens is 248 g/mol. The fourth-order valence-electron chi connectivity index (χ4n) is 1.56. The van der Waals surface area contributed by atoms with Crippen molar-refractivity contribution in [2.75, 3.05) is 5.43 Å². The van der Waals surface area contributed by atoms with Gasteiger partial charge in [-0.1, -0.05) is 30.3 Å². The zero-order chi connectivity index (χ0) is 13.7. The molecule has 0 bridgehead atoms. The van der Waals surface area contributed by atoms with E-state index >= 15 is 0 Å². The first kappa shape index (κ1) is 12.7. The van der Waals surface area contributed by atoms with Gasteiger partial charge in [-0.2, -0.15) is 0 Å². The molecule has 0 aliphatic rings. The summed E-state index contributed by atoms with van der Waals surface area (Å²) in [6.07, 6.45) is 2.91. The molecule has 1 aromatic carbocycles. The fourth-order valence-corrected chi connectivity index (χ4v) is 1.56. The zero-order valence-corrected chi connectivity index (χ0v) is 10.0. The smallest absolute Gasteiger partial charge is 0.287 e. The Morgan fingerprint density at radius 2 is 2.05 bits per heavy atom. The quantitative estimate of drug-likeness (QED) is 0.644. The summed E-state index contributed by atoms with van der Waals surface area (Å²) in [6, 6.07) is 9.29. The maximum atomic E-state index is 11.7. The lowest BCUT2D eigenvalue weighted by molar-refractivity contribution is -0.643. The van der Waals surface area contributed by atoms with Crippen molar-refractivity contribution < 1.29 is 19.4 Å². The summed E-state index contributed by atoms with van der Waals surface area (Å²) < 4.78 is 2.45. The van der Waals surface area contributed by atoms with E-state index in [2.05, 4.69) is 10.5 Å². The van der Waals surface area contributed by atoms with Crippen molar-refractivity contribution in [1.29, 1.82) is 0 Å². The normalized spacial score (nSPS) is 10.1. The van der Waals surface area contributed by atoms with Crippen LogP contribution in [0.5, 0.6) is 0 Å². The highest BCUT2D eigenvalue weighted by molar-refractivity contribution is 5.84. The average Bonchev–Trinajstić information content (AvgIpc) is 2.76. The lowest BCUT2D eigenvalue weighted by Gasteiger charge is -2.01. The van der Waals surface area contributed by atoms with Gasteiger partial charge in [0, 0.05) is 5.10 Å². The van der Waals surface area contributed by atoms with Gasteiger partial charge in [0.1, 0.15) is 6.54 Å². The highest BCUT2D eigenvalue weighted by atomic mass is 16.4. The summed E-state index contributed by atoms with van der Waals surface area (Å²) in [5.74, 6) is -1.46. The topological polar surface area (TPSA) is 90.9 Å². The van der Waals surface area contributed by atoms with Gasteiger partial charge in [0.25, 0.3) is 12.2 Å². The van der Waals surface area contributed by atoms with Crippen molar-refractivity contribution in [1.82, 2.24) is 9.78 Å². The number of aromatic nitrogens is 3. The van der Waals surface area contributed by atoms with Crippen molar-refractivity contribution >= 4 is 11.9 Å². The second-order valence-electron chi connectivity index (χ2n) is 3.92. The van der Waals surface area contributed by atoms with Gasteiger partial charge in [0.2, 0.25) is 6.33 Å². The molecule has 0 saturated heterocycles. The van der Waals surface area contributed by atoms with Crippen LogP contribution in [0.15, 0.2) is 43.0 Å². The number of nitrogens with zero attached hydrogens (tertiary/aromatic N) is 3. The lowest BCUT2D eigenvalue weighted by Crippen LogP contribution is -2.47. The number of amides is 1. The van der Waals surface area contributed by atoms with E-state index in [9.17, 15) is 14.7 Å². The molecule has 0 aliphatic heterocycles. The summed E-state index contributed by atoms with van der Waals surface area (Å²) in [5.41, 5.74) is 3.46. The Hall–Kier alpha value is -2.70. The van der Waals surface area contributed by atoms with Crippen LogP contribution in [0.3, 0.4) is 0 Å². The summed E-state index contributed by atoms with van der Waals surface area (Å²) in [7, 11) is 0. The molecule has 0 saturated carbocycles. The molecule has 19 heavy (non-hydrogen) atoms. The van der Waals surface area contributed by atoms with E-state index in [4.69, 9.17) is 0 Å². The number of carboxylic acids is 1. The SMILES string of the molecule is O=C([O-])Cn1c[n+](NC(=O)Cc2ccccc2)cn1. The molecule has 7 nitrogen and oxygen atoms in total. The van der Waals surface area contributed by atoms with Gasteiger partial charge < -0.3 is 9.90 Å². The molecule has 1 N–H and O–H groups in total. The van der Waals surface area contributed by atoms with Crippen molar-refractivity contribution in [2.24, 2.45) is 0 Å². The zero-order valence-electron chi connectivity index (χ0n) is 10.0. The van der Waals surface area contributed by atoms with Gasteiger partial charge in [-0.25, -0.2) is 5.43 Å². The molecule has 7 heteroatoms. The number of carbonyl (C=O) groups excluding carboxylic acids is 2. The maximum Gasteiger partial charge on any atom is 0.287 e. The Bertz CT molecular complexity index is 580. The molecule has 0 aliphatic carbocycles. The van der Waals surface area contributed by atoms with E-state index < -0.39 is 5.97 Å². The van der Waals surface area contributed by atoms with E-state index in [0.29, 0.717) is 0 Å². The lowest BCUT2D eigenvalue weighted by atomic mass is 10.1. The minimum Gasteiger partial charge on any atom is -0.547 e. The van der Waals surface area contributed by atoms with Gasteiger partial charge in [-0.05, 0) is 5.56 Å². The Morgan fingerprint density at radius 1 is 1.32 bits per heavy atom. The van der Waals surface area contributed by atoms with Gasteiger partial charge in [0.15, 0.2) is 0 Å². The molecule has 2 aromatic rings. The monoisotopic (exact) mass is 260 g/mol. The van der Waals surface area contributed by atoms with Crippen molar-refractivity contribution in [2.45, 2.75) is 13.0 Å². The number of carboxylic acid groups (broad SMARTS) is 1. The van der Waals surface area contributed by atoms with Crippen LogP contribution in [0.4, 0.5) is 0 Å². The Kier molecular flexibility index (Phi) is 3.87. The van der Waals surface area contributed by atoms with Crippen molar-refractivity contribution in [3.8, 4) is 0 Å². The number of rotatable bonds is 5. The molecule has 0 fully saturated rings. The summed E-state index contributed by atoms with van der Waals surface area (Å²) in [4.78, 5) is 22.1. The van der Waals surface area contributed by atoms with Crippen molar-refractivity contribution in [3.63, 3.8) is 0 Å². The first-order valence-electron chi connectivity index (χ1n) is 5.61. The first-order valence-corrected chi connectivity index (χ1v) is 5.61. The van der Waals surface area contributed by atoms with Crippen LogP contribution in [0.1, 0.15) is 5.56 Å². The molecule has 1 amide bonds. The summed E-state index contributed by atoms with van der Waals surface area (Å²) >= 11 is 0. The Balaban J connectivity index is 1.92. The molecule has 0 atom stereocenters. The summed E-state index contributed by atoms with van der Waals surface area (Å²) in [6.45, 7) is -0.360. The number of carbonyl (C=O) groups is 2. The van der Waals surface area contributed by atoms with E-state index in [-0.39, 0.29) is 18.9 Å². The van der Waals surface area contributed by atoms with Crippen LogP contribution >= 0.6 is 0 Å². The number of benzene rings is 1. The van der Waals surface area contributed by atoms with Crippen LogP contribution in [0.2, 0.25) is 0 Å². The third-order valence-electron chi connectivity index (χ3n) is 2.33. The minimum absolute atomic E-state index is 0.218. The second-order valence-corrected chi connectivity index (χ2v) is 3.92. The molecule has 1 heterocycles. The van der Waals surface area contributed by atoms with Crippen LogP contribution in [-0.4, -0.2) is 21.7 Å². The van der Waals surface area contributed by atoms with Gasteiger partial charge >= 0.3 is 0 Å². The third-order valence-corrected chi connectivity index (χ3v) is 2.33. The largest absolute Gasteiger partial charge is 0.547 e. The van der Waals surface area contributed by atoms with Gasteiger partial charge in [0.05, 0.1) is 12.4 Å². The maximum absolute atomic E-state index is 11.7. The van der Waals surface area contributed by atoms with Gasteiger partial charge in [-0.3, -0.25) is 4.79 Å². The molecule has 0 radical (unpaired) electrons. The molecule has 1 aromatic heterocycles. The molecule has 98 valence electrons. The standard InChI is InChI=1S/C12H12N4O3/c17-11(6-10-4-2-1-3-5-10)14-16-8-13-15(9-16)7-12(18)19/h1-5,8-9H,6-7H2,(H-,14,17,18,19). The van der Waals surface area contributed by atoms with E-state index in [0.717, 1.165) is 10.2 Å². The van der Waals surface area contributed by atoms with Crippen LogP contribution < -0.4 is 15.2 Å². The van der Waals surface area contributed by atoms with Gasteiger partial charge in [-0.15, -0.1) is 9.36 Å². The molecule has 0 spiro atoms. The number of nitrogens with one attached hydrogen (secondary N) is 1. The molecule has 2 rings (SSSR count). The third kappa shape index (κ3) is 3.91. The highest BCUT2D eigenvalue weighted by Crippen LogP contribution is 1.98. The van der Waals surface area contributed by atoms with E-state index in [1.807, 2.05) is 30.3 Å². The average molecular weight is 260 g/mol. The second kappa shape index (κ2) is 5.76. The predicted octanol–water partition coefficient (Wildman–Crippen LogP) is -1.77. The number of hydrogen-bond acceptors (Lipinski definition) is 4. The Labute approximate surface area is 109 Å². The van der Waals surface area contributed by atoms with Crippen molar-refractivity contribution in [3.05, 3.63) is 48.5 Å². The minimum atomic E-state index is -1.24. The van der Waals surface area contributed by atoms with Crippen LogP contribution in [-0.2, 0) is 22.6 Å².